The first-order valence-corrected chi connectivity index (χ1v) is 16.0. The highest BCUT2D eigenvalue weighted by Gasteiger charge is 2.75. The molecule has 0 aromatic heterocycles. The van der Waals surface area contributed by atoms with Crippen LogP contribution in [0.5, 0.6) is 0 Å². The van der Waals surface area contributed by atoms with Gasteiger partial charge in [-0.15, -0.1) is 0 Å². The lowest BCUT2D eigenvalue weighted by atomic mass is 9.61. The Hall–Kier alpha value is -2.64. The van der Waals surface area contributed by atoms with Crippen LogP contribution in [-0.4, -0.2) is 33.6 Å². The van der Waals surface area contributed by atoms with Crippen LogP contribution < -0.4 is 0 Å². The molecule has 3 nitrogen and oxygen atoms in total. The predicted octanol–water partition coefficient (Wildman–Crippen LogP) is 9.43. The molecule has 1 saturated heterocycles. The van der Waals surface area contributed by atoms with Crippen LogP contribution in [0.3, 0.4) is 0 Å². The quantitative estimate of drug-likeness (QED) is 0.161. The molecule has 3 heteroatoms. The number of hydrogen-bond acceptors (Lipinski definition) is 3. The van der Waals surface area contributed by atoms with E-state index in [1.165, 1.54) is 27.9 Å². The summed E-state index contributed by atoms with van der Waals surface area (Å²) in [6, 6.07) is 0. The van der Waals surface area contributed by atoms with E-state index >= 15 is 0 Å². The Balaban J connectivity index is 1.47. The molecule has 1 heterocycles. The Bertz CT molecular complexity index is 1340. The minimum absolute atomic E-state index is 0.00990. The van der Waals surface area contributed by atoms with Crippen LogP contribution in [-0.2, 0) is 4.74 Å². The maximum atomic E-state index is 10.3. The number of ether oxygens (including phenoxy) is 1. The van der Waals surface area contributed by atoms with E-state index < -0.39 is 0 Å². The second-order valence-electron chi connectivity index (χ2n) is 14.7. The summed E-state index contributed by atoms with van der Waals surface area (Å²) in [4.78, 5) is 0. The van der Waals surface area contributed by atoms with Crippen molar-refractivity contribution in [2.24, 2.45) is 10.8 Å². The Morgan fingerprint density at radius 2 is 1.42 bits per heavy atom. The molecule has 43 heavy (non-hydrogen) atoms. The highest BCUT2D eigenvalue weighted by molar-refractivity contribution is 5.45. The Morgan fingerprint density at radius 3 is 2.00 bits per heavy atom. The van der Waals surface area contributed by atoms with E-state index in [-0.39, 0.29) is 34.2 Å². The first-order valence-electron chi connectivity index (χ1n) is 16.0. The molecular weight excluding hydrogens is 528 g/mol. The van der Waals surface area contributed by atoms with Gasteiger partial charge in [-0.1, -0.05) is 123 Å². The number of epoxide rings is 1. The first kappa shape index (κ1) is 34.8. The van der Waals surface area contributed by atoms with Crippen LogP contribution in [0.2, 0.25) is 0 Å². The molecule has 2 aliphatic carbocycles. The summed E-state index contributed by atoms with van der Waals surface area (Å²) in [5.74, 6) is 6.69. The Kier molecular flexibility index (Phi) is 11.3. The second-order valence-corrected chi connectivity index (χ2v) is 14.7. The predicted molar refractivity (Wildman–Crippen MR) is 182 cm³/mol. The molecule has 1 aliphatic heterocycles. The minimum Gasteiger partial charge on any atom is -0.393 e. The number of rotatable bonds is 9. The van der Waals surface area contributed by atoms with Crippen LogP contribution >= 0.6 is 0 Å². The molecule has 0 bridgehead atoms. The van der Waals surface area contributed by atoms with Crippen molar-refractivity contribution in [3.8, 4) is 11.8 Å². The van der Waals surface area contributed by atoms with Crippen LogP contribution in [0.4, 0.5) is 0 Å². The lowest BCUT2D eigenvalue weighted by Gasteiger charge is -2.40. The average molecular weight is 585 g/mol. The van der Waals surface area contributed by atoms with Gasteiger partial charge in [-0.2, -0.15) is 0 Å². The molecule has 0 amide bonds. The second kappa shape index (κ2) is 14.0. The summed E-state index contributed by atoms with van der Waals surface area (Å²) in [5, 5.41) is 20.4. The van der Waals surface area contributed by atoms with E-state index in [1.807, 2.05) is 13.0 Å². The summed E-state index contributed by atoms with van der Waals surface area (Å²) in [6.07, 6.45) is 25.6. The van der Waals surface area contributed by atoms with Gasteiger partial charge in [-0.05, 0) is 84.6 Å². The standard InChI is InChI=1S/C40H56O3/c1-29(17-13-19-31(3)21-22-36-33(5)25-34(41)26-37(36,6)7)15-11-12-16-30(2)18-14-20-32(4)23-24-40-38(8,9)27-35(42)28-39(40,10)43-40/h11-20,34-35,41-42H,23-28H2,1-10H3. The maximum Gasteiger partial charge on any atom is 0.103 e. The van der Waals surface area contributed by atoms with Gasteiger partial charge in [-0.25, -0.2) is 0 Å². The zero-order chi connectivity index (χ0) is 32.1. The summed E-state index contributed by atoms with van der Waals surface area (Å²) >= 11 is 0. The van der Waals surface area contributed by atoms with Crippen molar-refractivity contribution in [1.82, 2.24) is 0 Å². The molecule has 0 radical (unpaired) electrons. The van der Waals surface area contributed by atoms with Gasteiger partial charge in [0.1, 0.15) is 5.60 Å². The third-order valence-corrected chi connectivity index (χ3v) is 9.60. The summed E-state index contributed by atoms with van der Waals surface area (Å²) in [5.41, 5.74) is 6.71. The number of aliphatic hydroxyl groups excluding tert-OH is 2. The fourth-order valence-electron chi connectivity index (χ4n) is 7.31. The van der Waals surface area contributed by atoms with Gasteiger partial charge in [0.05, 0.1) is 17.8 Å². The molecule has 3 aliphatic rings. The highest BCUT2D eigenvalue weighted by Crippen LogP contribution is 2.67. The van der Waals surface area contributed by atoms with E-state index in [0.29, 0.717) is 0 Å². The van der Waals surface area contributed by atoms with Crippen molar-refractivity contribution in [1.29, 1.82) is 0 Å². The largest absolute Gasteiger partial charge is 0.393 e. The first-order chi connectivity index (χ1) is 20.0. The summed E-state index contributed by atoms with van der Waals surface area (Å²) in [7, 11) is 0. The molecule has 234 valence electrons. The molecule has 1 saturated carbocycles. The third kappa shape index (κ3) is 8.95. The lowest BCUT2D eigenvalue weighted by Crippen LogP contribution is -2.47. The number of fused-ring (bicyclic) bond motifs is 1. The molecule has 0 aromatic carbocycles. The number of allylic oxidation sites excluding steroid dienone is 15. The van der Waals surface area contributed by atoms with E-state index in [4.69, 9.17) is 4.74 Å². The minimum atomic E-state index is -0.261. The van der Waals surface area contributed by atoms with Crippen LogP contribution in [0, 0.1) is 22.7 Å². The smallest absolute Gasteiger partial charge is 0.103 e. The fourth-order valence-corrected chi connectivity index (χ4v) is 7.31. The molecular formula is C40H56O3. The fraction of sp³-hybridized carbons (Fsp3) is 0.550. The summed E-state index contributed by atoms with van der Waals surface area (Å²) < 4.78 is 6.33. The molecule has 0 spiro atoms. The zero-order valence-corrected chi connectivity index (χ0v) is 28.5. The molecule has 2 fully saturated rings. The molecule has 0 aromatic rings. The van der Waals surface area contributed by atoms with E-state index in [0.717, 1.165) is 44.1 Å². The zero-order valence-electron chi connectivity index (χ0n) is 28.5. The van der Waals surface area contributed by atoms with Gasteiger partial charge in [0, 0.05) is 17.4 Å². The Labute approximate surface area is 262 Å². The Morgan fingerprint density at radius 1 is 0.814 bits per heavy atom. The normalized spacial score (nSPS) is 31.5. The average Bonchev–Trinajstić information content (AvgIpc) is 3.49. The van der Waals surface area contributed by atoms with Crippen LogP contribution in [0.25, 0.3) is 0 Å². The molecule has 4 atom stereocenters. The maximum absolute atomic E-state index is 10.3. The highest BCUT2D eigenvalue weighted by atomic mass is 16.6. The van der Waals surface area contributed by atoms with Crippen molar-refractivity contribution in [3.63, 3.8) is 0 Å². The third-order valence-electron chi connectivity index (χ3n) is 9.60. The molecule has 2 N–H and O–H groups in total. The lowest BCUT2D eigenvalue weighted by molar-refractivity contribution is 0.0318. The SMILES string of the molecule is CC(C#CC1=C(C)CC(O)CC1(C)C)=CC=CC(C)=CC=CC=C(C)C=CC=C(C)CCC12OC1(C)CC(O)CC2(C)C. The van der Waals surface area contributed by atoms with E-state index in [9.17, 15) is 10.2 Å². The van der Waals surface area contributed by atoms with E-state index in [2.05, 4.69) is 129 Å². The summed E-state index contributed by atoms with van der Waals surface area (Å²) in [6.45, 7) is 21.5. The van der Waals surface area contributed by atoms with Gasteiger partial charge in [0.25, 0.3) is 0 Å². The topological polar surface area (TPSA) is 53.0 Å². The van der Waals surface area contributed by atoms with Crippen molar-refractivity contribution >= 4 is 0 Å². The molecule has 4 unspecified atom stereocenters. The van der Waals surface area contributed by atoms with Crippen LogP contribution in [0.15, 0.2) is 94.2 Å². The number of hydrogen-bond donors (Lipinski definition) is 2. The van der Waals surface area contributed by atoms with Crippen molar-refractivity contribution < 1.29 is 14.9 Å². The van der Waals surface area contributed by atoms with Gasteiger partial charge in [-0.3, -0.25) is 0 Å². The van der Waals surface area contributed by atoms with Crippen LogP contribution in [0.1, 0.15) is 108 Å². The van der Waals surface area contributed by atoms with E-state index in [1.54, 1.807) is 0 Å². The van der Waals surface area contributed by atoms with Gasteiger partial charge >= 0.3 is 0 Å². The number of aliphatic hydroxyl groups is 2. The van der Waals surface area contributed by atoms with Gasteiger partial charge < -0.3 is 14.9 Å². The van der Waals surface area contributed by atoms with Crippen molar-refractivity contribution in [2.45, 2.75) is 131 Å². The van der Waals surface area contributed by atoms with Crippen molar-refractivity contribution in [3.05, 3.63) is 94.2 Å². The monoisotopic (exact) mass is 584 g/mol. The van der Waals surface area contributed by atoms with Crippen molar-refractivity contribution in [2.75, 3.05) is 0 Å². The molecule has 3 rings (SSSR count). The van der Waals surface area contributed by atoms with Gasteiger partial charge in [0.15, 0.2) is 0 Å². The van der Waals surface area contributed by atoms with Gasteiger partial charge in [0.2, 0.25) is 0 Å².